The third kappa shape index (κ3) is 4.44. The van der Waals surface area contributed by atoms with Gasteiger partial charge >= 0.3 is 6.30 Å². The number of hydrogen-bond donors (Lipinski definition) is 0. The van der Waals surface area contributed by atoms with Gasteiger partial charge in [0.25, 0.3) is 0 Å². The molecule has 0 heterocycles. The largest absolute Gasteiger partial charge is 0.515 e. The molecule has 0 rings (SSSR count). The molecular formula is C4H3ClF3N3. The summed E-state index contributed by atoms with van der Waals surface area (Å²) < 4.78 is 33.7. The van der Waals surface area contributed by atoms with E-state index >= 15 is 0 Å². The summed E-state index contributed by atoms with van der Waals surface area (Å²) in [5.41, 5.74) is 0. The van der Waals surface area contributed by atoms with Crippen molar-refractivity contribution in [1.82, 2.24) is 4.53 Å². The van der Waals surface area contributed by atoms with Gasteiger partial charge in [-0.15, -0.1) is 17.7 Å². The van der Waals surface area contributed by atoms with Crippen LogP contribution >= 0.6 is 11.8 Å². The van der Waals surface area contributed by atoms with E-state index in [1.54, 1.807) is 6.07 Å². The smallest absolute Gasteiger partial charge is 0.198 e. The second kappa shape index (κ2) is 4.03. The molecule has 7 heteroatoms. The number of rotatable bonds is 2. The molecule has 0 radical (unpaired) electrons. The first-order valence-corrected chi connectivity index (χ1v) is 2.74. The monoisotopic (exact) mass is 185 g/mol. The maximum Gasteiger partial charge on any atom is 0.515 e. The van der Waals surface area contributed by atoms with Gasteiger partial charge in [-0.2, -0.15) is 10.4 Å². The Balaban J connectivity index is 3.89. The van der Waals surface area contributed by atoms with Crippen molar-refractivity contribution >= 4 is 18.0 Å². The Hall–Kier alpha value is -0.960. The Morgan fingerprint density at radius 1 is 1.64 bits per heavy atom. The van der Waals surface area contributed by atoms with Gasteiger partial charge in [-0.3, -0.25) is 0 Å². The zero-order valence-electron chi connectivity index (χ0n) is 5.14. The van der Waals surface area contributed by atoms with Crippen molar-refractivity contribution in [3.63, 3.8) is 0 Å². The van der Waals surface area contributed by atoms with Crippen LogP contribution in [0.1, 0.15) is 6.42 Å². The molecule has 3 nitrogen and oxygen atoms in total. The summed E-state index contributed by atoms with van der Waals surface area (Å²) in [4.78, 5) is 0. The van der Waals surface area contributed by atoms with Crippen molar-refractivity contribution in [2.45, 2.75) is 12.7 Å². The molecule has 0 amide bonds. The van der Waals surface area contributed by atoms with E-state index in [1.165, 1.54) is 0 Å². The van der Waals surface area contributed by atoms with Crippen molar-refractivity contribution in [3.05, 3.63) is 0 Å². The third-order valence-electron chi connectivity index (χ3n) is 0.575. The SMILES string of the molecule is N#CCC=NN(Cl)C(F)(F)F. The van der Waals surface area contributed by atoms with Crippen LogP contribution in [0, 0.1) is 11.3 Å². The van der Waals surface area contributed by atoms with Crippen LogP contribution in [0.25, 0.3) is 0 Å². The van der Waals surface area contributed by atoms with E-state index in [1.807, 2.05) is 0 Å². The first-order chi connectivity index (χ1) is 4.98. The molecule has 0 unspecified atom stereocenters. The van der Waals surface area contributed by atoms with Crippen LogP contribution in [-0.2, 0) is 0 Å². The Morgan fingerprint density at radius 3 is 2.55 bits per heavy atom. The molecule has 11 heavy (non-hydrogen) atoms. The van der Waals surface area contributed by atoms with Crippen LogP contribution in [0.5, 0.6) is 0 Å². The zero-order chi connectivity index (χ0) is 8.91. The van der Waals surface area contributed by atoms with Crippen LogP contribution in [0.4, 0.5) is 13.2 Å². The van der Waals surface area contributed by atoms with Crippen LogP contribution in [0.2, 0.25) is 0 Å². The van der Waals surface area contributed by atoms with Gasteiger partial charge in [0.1, 0.15) is 0 Å². The lowest BCUT2D eigenvalue weighted by Gasteiger charge is -2.11. The average molecular weight is 186 g/mol. The number of nitrogens with zero attached hydrogens (tertiary/aromatic N) is 3. The van der Waals surface area contributed by atoms with Crippen molar-refractivity contribution in [2.24, 2.45) is 5.10 Å². The summed E-state index contributed by atoms with van der Waals surface area (Å²) in [6.45, 7) is 0. The number of nitriles is 1. The quantitative estimate of drug-likeness (QED) is 0.285. The molecule has 0 fully saturated rings. The fourth-order valence-electron chi connectivity index (χ4n) is 0.219. The fourth-order valence-corrected chi connectivity index (χ4v) is 0.281. The second-order valence-corrected chi connectivity index (χ2v) is 1.71. The first-order valence-electron chi connectivity index (χ1n) is 2.40. The van der Waals surface area contributed by atoms with Crippen LogP contribution in [-0.4, -0.2) is 17.0 Å². The number of hydrogen-bond acceptors (Lipinski definition) is 3. The fraction of sp³-hybridized carbons (Fsp3) is 0.500. The van der Waals surface area contributed by atoms with Gasteiger partial charge in [0.05, 0.1) is 12.5 Å². The highest BCUT2D eigenvalue weighted by molar-refractivity contribution is 6.13. The highest BCUT2D eigenvalue weighted by Gasteiger charge is 2.35. The molecule has 0 spiro atoms. The number of hydrazone groups is 1. The van der Waals surface area contributed by atoms with Crippen molar-refractivity contribution in [2.75, 3.05) is 0 Å². The number of alkyl halides is 3. The van der Waals surface area contributed by atoms with E-state index in [0.29, 0.717) is 0 Å². The maximum atomic E-state index is 11.5. The number of halogens is 4. The standard InChI is InChI=1S/C4H3ClF3N3/c5-11(4(6,7)8)10-3-1-2-9/h3H,1H2. The van der Waals surface area contributed by atoms with Crippen LogP contribution < -0.4 is 0 Å². The van der Waals surface area contributed by atoms with E-state index in [2.05, 4.69) is 16.9 Å². The predicted molar refractivity (Wildman–Crippen MR) is 32.5 cm³/mol. The van der Waals surface area contributed by atoms with Gasteiger partial charge in [0.2, 0.25) is 0 Å². The Kier molecular flexibility index (Phi) is 3.68. The van der Waals surface area contributed by atoms with Crippen molar-refractivity contribution < 1.29 is 13.2 Å². The molecule has 0 aromatic carbocycles. The van der Waals surface area contributed by atoms with Gasteiger partial charge in [-0.1, -0.05) is 0 Å². The highest BCUT2D eigenvalue weighted by Crippen LogP contribution is 2.22. The molecule has 0 bridgehead atoms. The van der Waals surface area contributed by atoms with E-state index in [-0.39, 0.29) is 6.42 Å². The molecule has 0 aliphatic carbocycles. The van der Waals surface area contributed by atoms with E-state index in [9.17, 15) is 13.2 Å². The lowest BCUT2D eigenvalue weighted by molar-refractivity contribution is -0.210. The van der Waals surface area contributed by atoms with Gasteiger partial charge in [0, 0.05) is 18.0 Å². The molecule has 0 N–H and O–H groups in total. The molecule has 0 saturated heterocycles. The molecular weight excluding hydrogens is 183 g/mol. The Morgan fingerprint density at radius 2 is 2.18 bits per heavy atom. The molecule has 0 aromatic rings. The minimum absolute atomic E-state index is 0.209. The second-order valence-electron chi connectivity index (χ2n) is 1.39. The average Bonchev–Trinajstić information content (AvgIpc) is 1.86. The molecule has 62 valence electrons. The molecule has 0 aliphatic heterocycles. The van der Waals surface area contributed by atoms with E-state index in [4.69, 9.17) is 5.26 Å². The molecule has 0 aromatic heterocycles. The normalized spacial score (nSPS) is 11.5. The molecule has 0 saturated carbocycles. The third-order valence-corrected chi connectivity index (χ3v) is 0.854. The minimum atomic E-state index is -4.70. The van der Waals surface area contributed by atoms with Gasteiger partial charge in [-0.25, -0.2) is 0 Å². The van der Waals surface area contributed by atoms with Gasteiger partial charge in [0.15, 0.2) is 0 Å². The molecule has 0 atom stereocenters. The Labute approximate surface area is 65.8 Å². The highest BCUT2D eigenvalue weighted by atomic mass is 35.5. The summed E-state index contributed by atoms with van der Waals surface area (Å²) in [6.07, 6.45) is -4.15. The van der Waals surface area contributed by atoms with Crippen molar-refractivity contribution in [3.8, 4) is 6.07 Å². The predicted octanol–water partition coefficient (Wildman–Crippen LogP) is 1.86. The van der Waals surface area contributed by atoms with Crippen molar-refractivity contribution in [1.29, 1.82) is 5.26 Å². The van der Waals surface area contributed by atoms with Gasteiger partial charge < -0.3 is 0 Å². The van der Waals surface area contributed by atoms with E-state index < -0.39 is 10.8 Å². The lowest BCUT2D eigenvalue weighted by Crippen LogP contribution is -2.24. The Bertz CT molecular complexity index is 182. The van der Waals surface area contributed by atoms with Crippen LogP contribution in [0.3, 0.4) is 0 Å². The molecule has 0 aliphatic rings. The summed E-state index contributed by atoms with van der Waals surface area (Å²) in [7, 11) is 0. The van der Waals surface area contributed by atoms with Crippen LogP contribution in [0.15, 0.2) is 5.10 Å². The lowest BCUT2D eigenvalue weighted by atomic mass is 10.5. The zero-order valence-corrected chi connectivity index (χ0v) is 5.89. The summed E-state index contributed by atoms with van der Waals surface area (Å²) in [5.74, 6) is 0. The summed E-state index contributed by atoms with van der Waals surface area (Å²) in [6, 6.07) is 1.57. The maximum absolute atomic E-state index is 11.5. The van der Waals surface area contributed by atoms with E-state index in [0.717, 1.165) is 6.21 Å². The minimum Gasteiger partial charge on any atom is -0.198 e. The van der Waals surface area contributed by atoms with Gasteiger partial charge in [-0.05, 0) is 0 Å². The summed E-state index contributed by atoms with van der Waals surface area (Å²) >= 11 is 4.59. The first kappa shape index (κ1) is 10.0. The topological polar surface area (TPSA) is 39.4 Å². The summed E-state index contributed by atoms with van der Waals surface area (Å²) in [5, 5.41) is 10.6.